The molecule has 2 amide bonds. The van der Waals surface area contributed by atoms with Crippen molar-refractivity contribution in [2.24, 2.45) is 11.8 Å². The summed E-state index contributed by atoms with van der Waals surface area (Å²) in [5, 5.41) is 15.9. The predicted octanol–water partition coefficient (Wildman–Crippen LogP) is 2.59. The van der Waals surface area contributed by atoms with Crippen LogP contribution in [-0.4, -0.2) is 92.3 Å². The molecule has 7 atom stereocenters. The fourth-order valence-electron chi connectivity index (χ4n) is 5.29. The van der Waals surface area contributed by atoms with Crippen LogP contribution in [0.1, 0.15) is 75.6 Å². The van der Waals surface area contributed by atoms with Crippen molar-refractivity contribution in [2.45, 2.75) is 95.9 Å². The maximum atomic E-state index is 13.7. The zero-order valence-corrected chi connectivity index (χ0v) is 27.4. The third-order valence-corrected chi connectivity index (χ3v) is 8.00. The van der Waals surface area contributed by atoms with Crippen LogP contribution in [0.3, 0.4) is 0 Å². The van der Waals surface area contributed by atoms with Gasteiger partial charge in [0.1, 0.15) is 6.10 Å². The number of fused-ring (bicyclic) bond motifs is 1. The minimum absolute atomic E-state index is 0.101. The Morgan fingerprint density at radius 2 is 1.38 bits per heavy atom. The molecule has 3 N–H and O–H groups in total. The lowest BCUT2D eigenvalue weighted by atomic mass is 9.94. The molecule has 260 valence electrons. The largest absolute Gasteiger partial charge is 0.454 e. The summed E-state index contributed by atoms with van der Waals surface area (Å²) in [7, 11) is 1.28. The lowest BCUT2D eigenvalue weighted by Gasteiger charge is -2.44. The first kappa shape index (κ1) is 37.6. The number of nitrogens with one attached hydrogen (secondary N) is 2. The SMILES string of the molecule is CCCCNC(=O)C[C@@H]1CC=CC[C@@H](CC(=O)NCCCC)C(=O)O[C@H]2[C@@H](OC)O[C@H](CO)[C@H](OC(=O)c3ccccc3)[C@@H]2OC1=O. The number of allylic oxidation sites excluding steroid dienone is 2. The Morgan fingerprint density at radius 3 is 1.87 bits per heavy atom. The van der Waals surface area contributed by atoms with Crippen molar-refractivity contribution in [3.8, 4) is 0 Å². The molecule has 0 spiro atoms. The van der Waals surface area contributed by atoms with Gasteiger partial charge >= 0.3 is 17.9 Å². The Morgan fingerprint density at radius 1 is 0.851 bits per heavy atom. The average Bonchev–Trinajstić information content (AvgIpc) is 3.06. The fraction of sp³-hybridized carbons (Fsp3) is 0.618. The van der Waals surface area contributed by atoms with Gasteiger partial charge in [0.25, 0.3) is 0 Å². The fourth-order valence-corrected chi connectivity index (χ4v) is 5.29. The summed E-state index contributed by atoms with van der Waals surface area (Å²) in [5.74, 6) is -4.90. The Bertz CT molecular complexity index is 1210. The van der Waals surface area contributed by atoms with Crippen LogP contribution in [-0.2, 0) is 42.9 Å². The second-order valence-corrected chi connectivity index (χ2v) is 11.7. The van der Waals surface area contributed by atoms with Gasteiger partial charge in [-0.25, -0.2) is 4.79 Å². The van der Waals surface area contributed by atoms with Crippen LogP contribution < -0.4 is 10.6 Å². The number of carbonyl (C=O) groups is 5. The number of hydrogen-bond donors (Lipinski definition) is 3. The number of carbonyl (C=O) groups excluding carboxylic acids is 5. The minimum atomic E-state index is -1.50. The number of aliphatic hydroxyl groups excluding tert-OH is 1. The van der Waals surface area contributed by atoms with Gasteiger partial charge in [-0.05, 0) is 37.8 Å². The topological polar surface area (TPSA) is 176 Å². The molecule has 47 heavy (non-hydrogen) atoms. The summed E-state index contributed by atoms with van der Waals surface area (Å²) in [6.07, 6.45) is -0.422. The van der Waals surface area contributed by atoms with Gasteiger partial charge in [-0.1, -0.05) is 57.0 Å². The van der Waals surface area contributed by atoms with Crippen molar-refractivity contribution in [1.29, 1.82) is 0 Å². The van der Waals surface area contributed by atoms with E-state index >= 15 is 0 Å². The van der Waals surface area contributed by atoms with Gasteiger partial charge in [0.2, 0.25) is 11.8 Å². The van der Waals surface area contributed by atoms with Crippen LogP contribution in [0, 0.1) is 11.8 Å². The maximum absolute atomic E-state index is 13.7. The van der Waals surface area contributed by atoms with E-state index in [1.165, 1.54) is 19.2 Å². The van der Waals surface area contributed by atoms with E-state index in [2.05, 4.69) is 10.6 Å². The summed E-state index contributed by atoms with van der Waals surface area (Å²) in [6.45, 7) is 4.25. The lowest BCUT2D eigenvalue weighted by Crippen LogP contribution is -2.63. The summed E-state index contributed by atoms with van der Waals surface area (Å²) in [6, 6.07) is 8.05. The van der Waals surface area contributed by atoms with E-state index in [1.807, 2.05) is 13.8 Å². The van der Waals surface area contributed by atoms with Crippen LogP contribution in [0.4, 0.5) is 0 Å². The van der Waals surface area contributed by atoms with Crippen LogP contribution in [0.25, 0.3) is 0 Å². The summed E-state index contributed by atoms with van der Waals surface area (Å²) in [5.41, 5.74) is 0.187. The number of methoxy groups -OCH3 is 1. The number of hydrogen-bond acceptors (Lipinski definition) is 11. The number of aliphatic hydroxyl groups is 1. The van der Waals surface area contributed by atoms with Gasteiger partial charge in [0.15, 0.2) is 24.6 Å². The number of amides is 2. The Hall–Kier alpha value is -3.81. The van der Waals surface area contributed by atoms with Gasteiger partial charge in [0, 0.05) is 33.0 Å². The van der Waals surface area contributed by atoms with E-state index in [4.69, 9.17) is 23.7 Å². The molecule has 0 bridgehead atoms. The summed E-state index contributed by atoms with van der Waals surface area (Å²) < 4.78 is 28.9. The van der Waals surface area contributed by atoms with Crippen LogP contribution in [0.15, 0.2) is 42.5 Å². The van der Waals surface area contributed by atoms with E-state index in [-0.39, 0.29) is 43.1 Å². The average molecular weight is 661 g/mol. The van der Waals surface area contributed by atoms with Gasteiger partial charge in [-0.2, -0.15) is 0 Å². The standard InChI is InChI=1S/C34H48N2O11/c1-4-6-17-35-26(38)19-23-15-11-12-16-24(20-27(39)36-18-7-5-2)33(42)47-30-29(46-32(23)41)28(25(21-37)44-34(30)43-3)45-31(40)22-13-9-8-10-14-22/h8-14,23-25,28-30,34,37H,4-7,15-21H2,1-3H3,(H,35,38)(H,36,39)/t23-,24-,25+,28-,29-,30+,34-/m0/s1. The van der Waals surface area contributed by atoms with Gasteiger partial charge in [-0.3, -0.25) is 19.2 Å². The quantitative estimate of drug-likeness (QED) is 0.116. The number of rotatable bonds is 14. The molecular weight excluding hydrogens is 612 g/mol. The highest BCUT2D eigenvalue weighted by Gasteiger charge is 2.53. The molecule has 13 nitrogen and oxygen atoms in total. The van der Waals surface area contributed by atoms with Crippen molar-refractivity contribution in [3.63, 3.8) is 0 Å². The summed E-state index contributed by atoms with van der Waals surface area (Å²) in [4.78, 5) is 66.1. The molecule has 0 aliphatic carbocycles. The molecule has 2 aliphatic heterocycles. The molecule has 1 fully saturated rings. The first-order valence-corrected chi connectivity index (χ1v) is 16.4. The third kappa shape index (κ3) is 11.4. The predicted molar refractivity (Wildman–Crippen MR) is 169 cm³/mol. The lowest BCUT2D eigenvalue weighted by molar-refractivity contribution is -0.301. The van der Waals surface area contributed by atoms with Crippen molar-refractivity contribution >= 4 is 29.7 Å². The highest BCUT2D eigenvalue weighted by atomic mass is 16.7. The molecule has 2 heterocycles. The number of benzene rings is 1. The monoisotopic (exact) mass is 660 g/mol. The van der Waals surface area contributed by atoms with Crippen LogP contribution >= 0.6 is 0 Å². The van der Waals surface area contributed by atoms with Crippen molar-refractivity contribution in [2.75, 3.05) is 26.8 Å². The number of esters is 3. The van der Waals surface area contributed by atoms with Crippen LogP contribution in [0.5, 0.6) is 0 Å². The Labute approximate surface area is 275 Å². The molecule has 0 aromatic heterocycles. The first-order valence-electron chi connectivity index (χ1n) is 16.4. The smallest absolute Gasteiger partial charge is 0.338 e. The summed E-state index contributed by atoms with van der Waals surface area (Å²) >= 11 is 0. The molecule has 0 radical (unpaired) electrons. The highest BCUT2D eigenvalue weighted by Crippen LogP contribution is 2.32. The molecule has 0 unspecified atom stereocenters. The van der Waals surface area contributed by atoms with E-state index in [9.17, 15) is 29.1 Å². The minimum Gasteiger partial charge on any atom is -0.454 e. The van der Waals surface area contributed by atoms with Gasteiger partial charge in [-0.15, -0.1) is 0 Å². The normalized spacial score (nSPS) is 26.4. The first-order chi connectivity index (χ1) is 22.7. The van der Waals surface area contributed by atoms with E-state index in [0.717, 1.165) is 25.7 Å². The molecule has 3 rings (SSSR count). The Kier molecular flexibility index (Phi) is 15.8. The number of ether oxygens (including phenoxy) is 5. The van der Waals surface area contributed by atoms with Gasteiger partial charge in [0.05, 0.1) is 24.0 Å². The highest BCUT2D eigenvalue weighted by molar-refractivity contribution is 5.89. The van der Waals surface area contributed by atoms with E-state index in [1.54, 1.807) is 30.4 Å². The number of unbranched alkanes of at least 4 members (excludes halogenated alkanes) is 2. The van der Waals surface area contributed by atoms with Crippen molar-refractivity contribution < 1.29 is 52.8 Å². The zero-order valence-electron chi connectivity index (χ0n) is 27.4. The molecule has 1 saturated heterocycles. The second-order valence-electron chi connectivity index (χ2n) is 11.7. The molecule has 0 saturated carbocycles. The third-order valence-electron chi connectivity index (χ3n) is 8.00. The molecule has 2 aliphatic rings. The molecular formula is C34H48N2O11. The molecule has 13 heteroatoms. The molecule has 1 aromatic rings. The molecule has 1 aromatic carbocycles. The van der Waals surface area contributed by atoms with Crippen LogP contribution in [0.2, 0.25) is 0 Å². The van der Waals surface area contributed by atoms with Crippen molar-refractivity contribution in [1.82, 2.24) is 10.6 Å². The van der Waals surface area contributed by atoms with E-state index in [0.29, 0.717) is 13.1 Å². The van der Waals surface area contributed by atoms with E-state index < -0.39 is 67.1 Å². The maximum Gasteiger partial charge on any atom is 0.338 e. The van der Waals surface area contributed by atoms with Crippen molar-refractivity contribution in [3.05, 3.63) is 48.0 Å². The Balaban J connectivity index is 1.99. The zero-order chi connectivity index (χ0) is 34.2. The van der Waals surface area contributed by atoms with Gasteiger partial charge < -0.3 is 39.4 Å². The second kappa shape index (κ2) is 19.8.